The molecular formula is C45H88F2N2O3. The lowest BCUT2D eigenvalue weighted by molar-refractivity contribution is -0.179. The Bertz CT molecular complexity index is 799. The first-order valence-electron chi connectivity index (χ1n) is 22.7. The van der Waals surface area contributed by atoms with E-state index in [2.05, 4.69) is 51.6 Å². The van der Waals surface area contributed by atoms with Crippen LogP contribution < -0.4 is 0 Å². The van der Waals surface area contributed by atoms with Gasteiger partial charge in [-0.25, -0.2) is 4.79 Å². The predicted molar refractivity (Wildman–Crippen MR) is 219 cm³/mol. The second-order valence-electron chi connectivity index (χ2n) is 16.2. The Labute approximate surface area is 322 Å². The maximum Gasteiger partial charge on any atom is 0.377 e. The van der Waals surface area contributed by atoms with E-state index in [-0.39, 0.29) is 6.04 Å². The third-order valence-corrected chi connectivity index (χ3v) is 10.8. The molecule has 0 N–H and O–H groups in total. The van der Waals surface area contributed by atoms with Crippen LogP contribution in [0.2, 0.25) is 0 Å². The molecule has 0 saturated carbocycles. The van der Waals surface area contributed by atoms with E-state index >= 15 is 0 Å². The second kappa shape index (κ2) is 35.5. The first kappa shape index (κ1) is 50.8. The fourth-order valence-electron chi connectivity index (χ4n) is 7.34. The van der Waals surface area contributed by atoms with Crippen LogP contribution in [0.15, 0.2) is 0 Å². The molecule has 7 heteroatoms. The van der Waals surface area contributed by atoms with Crippen LogP contribution in [-0.4, -0.2) is 66.9 Å². The molecule has 0 spiro atoms. The molecule has 52 heavy (non-hydrogen) atoms. The Kier molecular flexibility index (Phi) is 34.6. The van der Waals surface area contributed by atoms with Gasteiger partial charge in [-0.15, -0.1) is 0 Å². The van der Waals surface area contributed by atoms with Crippen LogP contribution in [0, 0.1) is 0 Å². The zero-order chi connectivity index (χ0) is 38.7. The molecule has 0 fully saturated rings. The average Bonchev–Trinajstić information content (AvgIpc) is 3.11. The molecular weight excluding hydrogens is 655 g/mol. The van der Waals surface area contributed by atoms with E-state index in [0.717, 1.165) is 96.6 Å². The van der Waals surface area contributed by atoms with Crippen molar-refractivity contribution in [1.82, 2.24) is 9.80 Å². The number of ether oxygens (including phenoxy) is 1. The van der Waals surface area contributed by atoms with Crippen LogP contribution >= 0.6 is 0 Å². The van der Waals surface area contributed by atoms with Crippen LogP contribution in [0.5, 0.6) is 0 Å². The average molecular weight is 743 g/mol. The number of unbranched alkanes of at least 4 members (excludes halogenated alkanes) is 20. The normalized spacial score (nSPS) is 12.6. The number of amides is 1. The summed E-state index contributed by atoms with van der Waals surface area (Å²) in [5.41, 5.74) is 0. The molecule has 1 atom stereocenters. The zero-order valence-corrected chi connectivity index (χ0v) is 35.6. The van der Waals surface area contributed by atoms with Crippen LogP contribution in [0.3, 0.4) is 0 Å². The van der Waals surface area contributed by atoms with E-state index in [1.807, 2.05) is 0 Å². The number of hydrogen-bond acceptors (Lipinski definition) is 4. The Balaban J connectivity index is 5.21. The minimum absolute atomic E-state index is 0.223. The zero-order valence-electron chi connectivity index (χ0n) is 35.6. The summed E-state index contributed by atoms with van der Waals surface area (Å²) in [6.07, 6.45) is 31.4. The SMILES string of the molecule is CCCCCCCCCCN(C(=O)CCCN(C)C)C(CCCCCCCCC)CCCCCCC(F)(F)C(=O)OC(CCCCC)CCCCC. The number of hydrogen-bond donors (Lipinski definition) is 0. The summed E-state index contributed by atoms with van der Waals surface area (Å²) < 4.78 is 35.3. The third-order valence-electron chi connectivity index (χ3n) is 10.8. The Hall–Kier alpha value is -1.24. The highest BCUT2D eigenvalue weighted by Crippen LogP contribution is 2.27. The molecule has 0 aromatic carbocycles. The molecule has 0 aliphatic heterocycles. The minimum atomic E-state index is -3.43. The lowest BCUT2D eigenvalue weighted by Crippen LogP contribution is -2.41. The molecule has 0 radical (unpaired) electrons. The van der Waals surface area contributed by atoms with Gasteiger partial charge in [-0.05, 0) is 78.4 Å². The Morgan fingerprint density at radius 3 is 1.40 bits per heavy atom. The lowest BCUT2D eigenvalue weighted by Gasteiger charge is -2.33. The summed E-state index contributed by atoms with van der Waals surface area (Å²) in [4.78, 5) is 30.7. The fourth-order valence-corrected chi connectivity index (χ4v) is 7.34. The molecule has 0 aromatic heterocycles. The highest BCUT2D eigenvalue weighted by molar-refractivity contribution is 5.77. The van der Waals surface area contributed by atoms with Crippen molar-refractivity contribution in [3.8, 4) is 0 Å². The molecule has 1 unspecified atom stereocenters. The van der Waals surface area contributed by atoms with Crippen molar-refractivity contribution in [2.75, 3.05) is 27.2 Å². The van der Waals surface area contributed by atoms with E-state index in [1.165, 1.54) is 83.5 Å². The number of carbonyl (C=O) groups excluding carboxylic acids is 2. The smallest absolute Gasteiger partial charge is 0.377 e. The lowest BCUT2D eigenvalue weighted by atomic mass is 9.97. The van der Waals surface area contributed by atoms with Crippen molar-refractivity contribution < 1.29 is 23.1 Å². The van der Waals surface area contributed by atoms with Gasteiger partial charge in [0.05, 0.1) is 0 Å². The molecule has 5 nitrogen and oxygen atoms in total. The van der Waals surface area contributed by atoms with Gasteiger partial charge in [0.25, 0.3) is 0 Å². The molecule has 1 amide bonds. The summed E-state index contributed by atoms with van der Waals surface area (Å²) in [7, 11) is 4.12. The second-order valence-corrected chi connectivity index (χ2v) is 16.2. The topological polar surface area (TPSA) is 49.9 Å². The van der Waals surface area contributed by atoms with Gasteiger partial charge in [-0.2, -0.15) is 8.78 Å². The van der Waals surface area contributed by atoms with Crippen molar-refractivity contribution >= 4 is 11.9 Å². The number of esters is 1. The number of alkyl halides is 2. The molecule has 0 heterocycles. The first-order chi connectivity index (χ1) is 25.1. The maximum absolute atomic E-state index is 14.9. The van der Waals surface area contributed by atoms with E-state index in [9.17, 15) is 18.4 Å². The van der Waals surface area contributed by atoms with Crippen LogP contribution in [0.25, 0.3) is 0 Å². The van der Waals surface area contributed by atoms with Crippen LogP contribution in [-0.2, 0) is 14.3 Å². The van der Waals surface area contributed by atoms with Crippen molar-refractivity contribution in [3.63, 3.8) is 0 Å². The van der Waals surface area contributed by atoms with E-state index in [1.54, 1.807) is 0 Å². The summed E-state index contributed by atoms with van der Waals surface area (Å²) >= 11 is 0. The minimum Gasteiger partial charge on any atom is -0.458 e. The Morgan fingerprint density at radius 2 is 0.923 bits per heavy atom. The number of carbonyl (C=O) groups is 2. The highest BCUT2D eigenvalue weighted by Gasteiger charge is 2.41. The molecule has 0 rings (SSSR count). The molecule has 310 valence electrons. The largest absolute Gasteiger partial charge is 0.458 e. The predicted octanol–water partition coefficient (Wildman–Crippen LogP) is 13.9. The van der Waals surface area contributed by atoms with Crippen molar-refractivity contribution in [3.05, 3.63) is 0 Å². The fraction of sp³-hybridized carbons (Fsp3) is 0.956. The standard InChI is InChI=1S/C45H88F2N2O3/c1-7-11-15-17-19-21-25-31-40-49(43(50)37-32-39-48(5)6)41(33-28-22-20-18-16-12-8-2)34-29-23-24-30-38-45(46,47)44(51)52-42(35-26-13-9-3)36-27-14-10-4/h41-42H,7-40H2,1-6H3. The molecule has 0 saturated heterocycles. The van der Waals surface area contributed by atoms with Crippen molar-refractivity contribution in [1.29, 1.82) is 0 Å². The van der Waals surface area contributed by atoms with Gasteiger partial charge in [-0.1, -0.05) is 163 Å². The van der Waals surface area contributed by atoms with E-state index in [4.69, 9.17) is 4.74 Å². The maximum atomic E-state index is 14.9. The quantitative estimate of drug-likeness (QED) is 0.0465. The monoisotopic (exact) mass is 743 g/mol. The van der Waals surface area contributed by atoms with E-state index < -0.39 is 24.4 Å². The molecule has 0 aliphatic rings. The van der Waals surface area contributed by atoms with Gasteiger partial charge in [0.2, 0.25) is 5.91 Å². The van der Waals surface area contributed by atoms with Crippen molar-refractivity contribution in [2.24, 2.45) is 0 Å². The number of halogens is 2. The first-order valence-corrected chi connectivity index (χ1v) is 22.7. The van der Waals surface area contributed by atoms with Gasteiger partial charge in [0.15, 0.2) is 0 Å². The van der Waals surface area contributed by atoms with E-state index in [0.29, 0.717) is 38.0 Å². The van der Waals surface area contributed by atoms with Crippen LogP contribution in [0.4, 0.5) is 8.78 Å². The molecule has 0 aromatic rings. The summed E-state index contributed by atoms with van der Waals surface area (Å²) in [6.45, 7) is 10.5. The molecule has 0 aliphatic carbocycles. The van der Waals surface area contributed by atoms with Crippen molar-refractivity contribution in [2.45, 2.75) is 251 Å². The highest BCUT2D eigenvalue weighted by atomic mass is 19.3. The number of rotatable bonds is 39. The summed E-state index contributed by atoms with van der Waals surface area (Å²) in [5, 5.41) is 0. The third kappa shape index (κ3) is 29.2. The number of nitrogens with zero attached hydrogens (tertiary/aromatic N) is 2. The van der Waals surface area contributed by atoms with Gasteiger partial charge in [-0.3, -0.25) is 4.79 Å². The van der Waals surface area contributed by atoms with Gasteiger partial charge in [0, 0.05) is 25.4 Å². The summed E-state index contributed by atoms with van der Waals surface area (Å²) in [5.74, 6) is -4.47. The van der Waals surface area contributed by atoms with Gasteiger partial charge in [0.1, 0.15) is 6.10 Å². The van der Waals surface area contributed by atoms with Crippen LogP contribution in [0.1, 0.15) is 233 Å². The van der Waals surface area contributed by atoms with Gasteiger partial charge >= 0.3 is 11.9 Å². The Morgan fingerprint density at radius 1 is 0.519 bits per heavy atom. The summed E-state index contributed by atoms with van der Waals surface area (Å²) in [6, 6.07) is 0.223. The molecule has 0 bridgehead atoms. The van der Waals surface area contributed by atoms with Gasteiger partial charge < -0.3 is 14.5 Å².